The standard InChI is InChI=1S/C23H29N5O3S/c1-6-24-21(30)25-20(29)15(2)32-22-27-26-19(28(22)14-18-8-7-13-31-18)16-9-11-17(12-10-16)23(3,4)5/h7-13,15H,6,14H2,1-5H3,(H2,24,25,29,30). The maximum atomic E-state index is 12.4. The van der Waals surface area contributed by atoms with E-state index < -0.39 is 17.2 Å². The van der Waals surface area contributed by atoms with Crippen molar-refractivity contribution in [3.63, 3.8) is 0 Å². The molecule has 0 saturated carbocycles. The van der Waals surface area contributed by atoms with Crippen LogP contribution in [-0.2, 0) is 16.8 Å². The number of amides is 3. The first-order chi connectivity index (χ1) is 15.2. The smallest absolute Gasteiger partial charge is 0.321 e. The summed E-state index contributed by atoms with van der Waals surface area (Å²) in [5.41, 5.74) is 2.20. The molecule has 2 aromatic heterocycles. The maximum Gasteiger partial charge on any atom is 0.321 e. The topological polar surface area (TPSA) is 102 Å². The molecule has 0 aliphatic rings. The van der Waals surface area contributed by atoms with Crippen LogP contribution in [0.15, 0.2) is 52.2 Å². The summed E-state index contributed by atoms with van der Waals surface area (Å²) in [5.74, 6) is 1.03. The minimum atomic E-state index is -0.548. The normalized spacial score (nSPS) is 12.4. The molecular weight excluding hydrogens is 426 g/mol. The van der Waals surface area contributed by atoms with E-state index in [1.165, 1.54) is 17.3 Å². The molecule has 3 rings (SSSR count). The Hall–Kier alpha value is -3.07. The molecule has 1 aromatic carbocycles. The van der Waals surface area contributed by atoms with Gasteiger partial charge in [0.2, 0.25) is 5.91 Å². The average Bonchev–Trinajstić information content (AvgIpc) is 3.38. The highest BCUT2D eigenvalue weighted by molar-refractivity contribution is 8.00. The molecule has 0 saturated heterocycles. The fraction of sp³-hybridized carbons (Fsp3) is 0.391. The van der Waals surface area contributed by atoms with Gasteiger partial charge in [-0.05, 0) is 37.0 Å². The molecule has 3 aromatic rings. The van der Waals surface area contributed by atoms with Crippen LogP contribution in [0.3, 0.4) is 0 Å². The van der Waals surface area contributed by atoms with Crippen LogP contribution in [0.4, 0.5) is 4.79 Å². The largest absolute Gasteiger partial charge is 0.467 e. The summed E-state index contributed by atoms with van der Waals surface area (Å²) < 4.78 is 7.45. The first-order valence-corrected chi connectivity index (χ1v) is 11.4. The van der Waals surface area contributed by atoms with Crippen LogP contribution in [0.2, 0.25) is 0 Å². The summed E-state index contributed by atoms with van der Waals surface area (Å²) in [4.78, 5) is 24.1. The number of thioether (sulfide) groups is 1. The Balaban J connectivity index is 1.87. The fourth-order valence-corrected chi connectivity index (χ4v) is 3.89. The van der Waals surface area contributed by atoms with E-state index in [-0.39, 0.29) is 5.41 Å². The van der Waals surface area contributed by atoms with Crippen molar-refractivity contribution < 1.29 is 14.0 Å². The number of furan rings is 1. The quantitative estimate of drug-likeness (QED) is 0.518. The Morgan fingerprint density at radius 2 is 1.88 bits per heavy atom. The zero-order valence-electron chi connectivity index (χ0n) is 19.0. The van der Waals surface area contributed by atoms with Crippen molar-refractivity contribution >= 4 is 23.7 Å². The molecule has 170 valence electrons. The lowest BCUT2D eigenvalue weighted by atomic mass is 9.87. The fourth-order valence-electron chi connectivity index (χ4n) is 3.04. The van der Waals surface area contributed by atoms with Crippen LogP contribution in [0.25, 0.3) is 11.4 Å². The monoisotopic (exact) mass is 455 g/mol. The summed E-state index contributed by atoms with van der Waals surface area (Å²) in [5, 5.41) is 13.6. The molecule has 2 heterocycles. The molecule has 3 amide bonds. The van der Waals surface area contributed by atoms with Gasteiger partial charge in [-0.25, -0.2) is 4.79 Å². The summed E-state index contributed by atoms with van der Waals surface area (Å²) in [6.45, 7) is 10.9. The molecule has 0 fully saturated rings. The number of benzene rings is 1. The third-order valence-corrected chi connectivity index (χ3v) is 5.93. The maximum absolute atomic E-state index is 12.4. The number of urea groups is 1. The average molecular weight is 456 g/mol. The van der Waals surface area contributed by atoms with E-state index in [0.717, 1.165) is 11.3 Å². The van der Waals surface area contributed by atoms with Crippen molar-refractivity contribution in [2.45, 2.75) is 57.0 Å². The van der Waals surface area contributed by atoms with Crippen LogP contribution in [0, 0.1) is 0 Å². The van der Waals surface area contributed by atoms with Gasteiger partial charge >= 0.3 is 6.03 Å². The van der Waals surface area contributed by atoms with Gasteiger partial charge in [0.15, 0.2) is 11.0 Å². The van der Waals surface area contributed by atoms with Gasteiger partial charge in [0.25, 0.3) is 0 Å². The third kappa shape index (κ3) is 5.79. The van der Waals surface area contributed by atoms with Gasteiger partial charge < -0.3 is 9.73 Å². The van der Waals surface area contributed by atoms with Gasteiger partial charge in [0, 0.05) is 12.1 Å². The second kappa shape index (κ2) is 10.0. The van der Waals surface area contributed by atoms with Crippen molar-refractivity contribution in [1.82, 2.24) is 25.4 Å². The van der Waals surface area contributed by atoms with Crippen LogP contribution in [0.1, 0.15) is 45.9 Å². The Labute approximate surface area is 192 Å². The molecular formula is C23H29N5O3S. The molecule has 0 aliphatic carbocycles. The molecule has 32 heavy (non-hydrogen) atoms. The van der Waals surface area contributed by atoms with Crippen molar-refractivity contribution in [3.05, 3.63) is 54.0 Å². The number of carbonyl (C=O) groups excluding carboxylic acids is 2. The first-order valence-electron chi connectivity index (χ1n) is 10.5. The van der Waals surface area contributed by atoms with Gasteiger partial charge in [-0.1, -0.05) is 56.8 Å². The predicted octanol–water partition coefficient (Wildman–Crippen LogP) is 4.21. The van der Waals surface area contributed by atoms with Crippen LogP contribution >= 0.6 is 11.8 Å². The van der Waals surface area contributed by atoms with Gasteiger partial charge in [-0.3, -0.25) is 14.7 Å². The van der Waals surface area contributed by atoms with E-state index >= 15 is 0 Å². The molecule has 1 unspecified atom stereocenters. The van der Waals surface area contributed by atoms with E-state index in [1.807, 2.05) is 28.8 Å². The van der Waals surface area contributed by atoms with Crippen LogP contribution < -0.4 is 10.6 Å². The van der Waals surface area contributed by atoms with Gasteiger partial charge in [-0.2, -0.15) is 0 Å². The van der Waals surface area contributed by atoms with Crippen molar-refractivity contribution in [1.29, 1.82) is 0 Å². The summed E-state index contributed by atoms with van der Waals surface area (Å²) in [6, 6.07) is 11.4. The highest BCUT2D eigenvalue weighted by atomic mass is 32.2. The van der Waals surface area contributed by atoms with Crippen LogP contribution in [0.5, 0.6) is 0 Å². The van der Waals surface area contributed by atoms with E-state index in [9.17, 15) is 9.59 Å². The minimum absolute atomic E-state index is 0.0498. The second-order valence-corrected chi connectivity index (χ2v) is 9.72. The lowest BCUT2D eigenvalue weighted by Gasteiger charge is -2.19. The van der Waals surface area contributed by atoms with E-state index in [2.05, 4.69) is 53.7 Å². The Kier molecular flexibility index (Phi) is 7.40. The van der Waals surface area contributed by atoms with Gasteiger partial charge in [-0.15, -0.1) is 10.2 Å². The van der Waals surface area contributed by atoms with E-state index in [0.29, 0.717) is 24.1 Å². The summed E-state index contributed by atoms with van der Waals surface area (Å²) in [7, 11) is 0. The molecule has 0 radical (unpaired) electrons. The second-order valence-electron chi connectivity index (χ2n) is 8.41. The highest BCUT2D eigenvalue weighted by Gasteiger charge is 2.23. The van der Waals surface area contributed by atoms with Crippen molar-refractivity contribution in [3.8, 4) is 11.4 Å². The zero-order chi connectivity index (χ0) is 23.3. The van der Waals surface area contributed by atoms with Crippen LogP contribution in [-0.4, -0.2) is 38.5 Å². The van der Waals surface area contributed by atoms with Gasteiger partial charge in [0.1, 0.15) is 5.76 Å². The summed E-state index contributed by atoms with van der Waals surface area (Å²) in [6.07, 6.45) is 1.62. The van der Waals surface area contributed by atoms with E-state index in [1.54, 1.807) is 20.1 Å². The Morgan fingerprint density at radius 3 is 2.47 bits per heavy atom. The number of hydrogen-bond donors (Lipinski definition) is 2. The molecule has 8 nitrogen and oxygen atoms in total. The lowest BCUT2D eigenvalue weighted by molar-refractivity contribution is -0.119. The third-order valence-electron chi connectivity index (χ3n) is 4.85. The zero-order valence-corrected chi connectivity index (χ0v) is 19.8. The van der Waals surface area contributed by atoms with Crippen molar-refractivity contribution in [2.75, 3.05) is 6.54 Å². The first kappa shape index (κ1) is 23.6. The lowest BCUT2D eigenvalue weighted by Crippen LogP contribution is -2.42. The number of hydrogen-bond acceptors (Lipinski definition) is 6. The SMILES string of the molecule is CCNC(=O)NC(=O)C(C)Sc1nnc(-c2ccc(C(C)(C)C)cc2)n1Cc1ccco1. The number of rotatable bonds is 7. The Bertz CT molecular complexity index is 1050. The van der Waals surface area contributed by atoms with Gasteiger partial charge in [0.05, 0.1) is 18.1 Å². The molecule has 9 heteroatoms. The number of imide groups is 1. The molecule has 1 atom stereocenters. The number of carbonyl (C=O) groups is 2. The highest BCUT2D eigenvalue weighted by Crippen LogP contribution is 2.30. The number of nitrogens with zero attached hydrogens (tertiary/aromatic N) is 3. The number of nitrogens with one attached hydrogen (secondary N) is 2. The van der Waals surface area contributed by atoms with Crippen molar-refractivity contribution in [2.24, 2.45) is 0 Å². The van der Waals surface area contributed by atoms with E-state index in [4.69, 9.17) is 4.42 Å². The molecule has 2 N–H and O–H groups in total. The predicted molar refractivity (Wildman–Crippen MR) is 125 cm³/mol. The molecule has 0 aliphatic heterocycles. The number of aromatic nitrogens is 3. The summed E-state index contributed by atoms with van der Waals surface area (Å²) >= 11 is 1.24. The minimum Gasteiger partial charge on any atom is -0.467 e. The molecule has 0 bridgehead atoms. The Morgan fingerprint density at radius 1 is 1.16 bits per heavy atom. The molecule has 0 spiro atoms.